The zero-order valence-corrected chi connectivity index (χ0v) is 6.06. The summed E-state index contributed by atoms with van der Waals surface area (Å²) in [6.45, 7) is 0. The Morgan fingerprint density at radius 2 is 1.60 bits per heavy atom. The normalized spacial score (nSPS) is 9.40. The molecule has 0 aliphatic rings. The van der Waals surface area contributed by atoms with Gasteiger partial charge < -0.3 is 0 Å². The predicted octanol–water partition coefficient (Wildman–Crippen LogP) is 1.84. The number of nitrogens with zero attached hydrogens (tertiary/aromatic N) is 4. The number of rotatable bonds is 1. The summed E-state index contributed by atoms with van der Waals surface area (Å²) in [6.07, 6.45) is 0. The number of aromatic nitrogens is 3. The van der Waals surface area contributed by atoms with Crippen molar-refractivity contribution in [2.24, 2.45) is 5.11 Å². The first-order valence-electron chi connectivity index (χ1n) is 2.17. The SMILES string of the molecule is N=Nc1nc(Cl)nc(Cl)n1. The predicted molar refractivity (Wildman–Crippen MR) is 34.7 cm³/mol. The summed E-state index contributed by atoms with van der Waals surface area (Å²) in [5.74, 6) is -0.0926. The van der Waals surface area contributed by atoms with Crippen LogP contribution in [0.4, 0.5) is 5.95 Å². The van der Waals surface area contributed by atoms with Crippen molar-refractivity contribution in [3.05, 3.63) is 10.6 Å². The van der Waals surface area contributed by atoms with Gasteiger partial charge in [-0.2, -0.15) is 15.0 Å². The van der Waals surface area contributed by atoms with Crippen LogP contribution in [0.25, 0.3) is 0 Å². The Labute approximate surface area is 65.9 Å². The largest absolute Gasteiger partial charge is 0.273 e. The highest BCUT2D eigenvalue weighted by molar-refractivity contribution is 6.31. The molecule has 0 radical (unpaired) electrons. The molecule has 52 valence electrons. The number of hydrogen-bond donors (Lipinski definition) is 1. The minimum atomic E-state index is -0.0926. The molecule has 10 heavy (non-hydrogen) atoms. The van der Waals surface area contributed by atoms with Gasteiger partial charge in [0.05, 0.1) is 0 Å². The van der Waals surface area contributed by atoms with Gasteiger partial charge in [0.1, 0.15) is 0 Å². The summed E-state index contributed by atoms with van der Waals surface area (Å²) in [4.78, 5) is 10.4. The van der Waals surface area contributed by atoms with Crippen LogP contribution in [0.1, 0.15) is 0 Å². The van der Waals surface area contributed by atoms with Gasteiger partial charge in [0.15, 0.2) is 0 Å². The molecule has 0 aliphatic heterocycles. The molecular weight excluding hydrogens is 177 g/mol. The number of nitrogens with one attached hydrogen (secondary N) is 1. The van der Waals surface area contributed by atoms with Crippen LogP contribution in [-0.2, 0) is 0 Å². The first-order chi connectivity index (χ1) is 4.72. The van der Waals surface area contributed by atoms with Crippen LogP contribution in [0.5, 0.6) is 0 Å². The van der Waals surface area contributed by atoms with Gasteiger partial charge in [-0.3, -0.25) is 0 Å². The van der Waals surface area contributed by atoms with E-state index >= 15 is 0 Å². The first-order valence-corrected chi connectivity index (χ1v) is 2.92. The average Bonchev–Trinajstić information content (AvgIpc) is 1.85. The third kappa shape index (κ3) is 1.58. The van der Waals surface area contributed by atoms with E-state index in [1.807, 2.05) is 0 Å². The molecule has 0 bridgehead atoms. The molecule has 1 aromatic rings. The number of hydrogen-bond acceptors (Lipinski definition) is 5. The maximum Gasteiger partial charge on any atom is 0.273 e. The fraction of sp³-hybridized carbons (Fsp3) is 0. The van der Waals surface area contributed by atoms with E-state index in [-0.39, 0.29) is 16.5 Å². The number of halogens is 2. The van der Waals surface area contributed by atoms with Crippen molar-refractivity contribution in [1.29, 1.82) is 5.53 Å². The molecule has 5 nitrogen and oxygen atoms in total. The van der Waals surface area contributed by atoms with E-state index in [0.29, 0.717) is 0 Å². The lowest BCUT2D eigenvalue weighted by molar-refractivity contribution is 0.975. The molecule has 0 saturated heterocycles. The molecule has 0 aromatic carbocycles. The van der Waals surface area contributed by atoms with Gasteiger partial charge in [-0.25, -0.2) is 5.53 Å². The van der Waals surface area contributed by atoms with Gasteiger partial charge >= 0.3 is 0 Å². The molecule has 0 aliphatic carbocycles. The van der Waals surface area contributed by atoms with Gasteiger partial charge in [0.2, 0.25) is 10.6 Å². The van der Waals surface area contributed by atoms with E-state index in [0.717, 1.165) is 0 Å². The van der Waals surface area contributed by atoms with E-state index in [1.165, 1.54) is 0 Å². The fourth-order valence-electron chi connectivity index (χ4n) is 0.366. The molecule has 1 N–H and O–H groups in total. The lowest BCUT2D eigenvalue weighted by Gasteiger charge is -1.90. The highest BCUT2D eigenvalue weighted by atomic mass is 35.5. The van der Waals surface area contributed by atoms with E-state index in [4.69, 9.17) is 28.7 Å². The topological polar surface area (TPSA) is 74.9 Å². The third-order valence-electron chi connectivity index (χ3n) is 0.669. The highest BCUT2D eigenvalue weighted by Crippen LogP contribution is 2.10. The minimum absolute atomic E-state index is 0.0639. The molecule has 0 atom stereocenters. The maximum absolute atomic E-state index is 6.49. The van der Waals surface area contributed by atoms with Gasteiger partial charge in [-0.15, -0.1) is 5.11 Å². The standard InChI is InChI=1S/C3HCl2N5/c4-1-7-2(5)9-3(8-1)10-6/h6H. The molecule has 1 rings (SSSR count). The Kier molecular flexibility index (Phi) is 2.08. The average molecular weight is 178 g/mol. The summed E-state index contributed by atoms with van der Waals surface area (Å²) >= 11 is 10.7. The second kappa shape index (κ2) is 2.85. The van der Waals surface area contributed by atoms with Gasteiger partial charge in [-0.05, 0) is 23.2 Å². The smallest absolute Gasteiger partial charge is 0.201 e. The summed E-state index contributed by atoms with van der Waals surface area (Å²) in [5, 5.41) is 2.78. The highest BCUT2D eigenvalue weighted by Gasteiger charge is 1.99. The molecule has 0 unspecified atom stereocenters. The first kappa shape index (κ1) is 7.30. The molecule has 0 fully saturated rings. The van der Waals surface area contributed by atoms with Crippen LogP contribution in [0.15, 0.2) is 5.11 Å². The Balaban J connectivity index is 3.18. The van der Waals surface area contributed by atoms with Crippen LogP contribution >= 0.6 is 23.2 Å². The van der Waals surface area contributed by atoms with Gasteiger partial charge in [0.25, 0.3) is 5.95 Å². The van der Waals surface area contributed by atoms with Crippen molar-refractivity contribution in [1.82, 2.24) is 15.0 Å². The van der Waals surface area contributed by atoms with Crippen molar-refractivity contribution in [3.8, 4) is 0 Å². The van der Waals surface area contributed by atoms with Crippen LogP contribution in [-0.4, -0.2) is 15.0 Å². The summed E-state index contributed by atoms with van der Waals surface area (Å²) < 4.78 is 0. The molecule has 1 heterocycles. The third-order valence-corrected chi connectivity index (χ3v) is 1.01. The van der Waals surface area contributed by atoms with Crippen molar-refractivity contribution < 1.29 is 0 Å². The Hall–Kier alpha value is -0.810. The monoisotopic (exact) mass is 177 g/mol. The lowest BCUT2D eigenvalue weighted by atomic mass is 11.0. The second-order valence-electron chi connectivity index (χ2n) is 1.29. The second-order valence-corrected chi connectivity index (χ2v) is 1.96. The molecule has 1 aromatic heterocycles. The molecular formula is C3HCl2N5. The van der Waals surface area contributed by atoms with Crippen LogP contribution in [0, 0.1) is 5.53 Å². The van der Waals surface area contributed by atoms with E-state index in [9.17, 15) is 0 Å². The maximum atomic E-state index is 6.49. The minimum Gasteiger partial charge on any atom is -0.201 e. The van der Waals surface area contributed by atoms with E-state index in [2.05, 4.69) is 20.1 Å². The molecule has 7 heteroatoms. The van der Waals surface area contributed by atoms with Crippen molar-refractivity contribution in [2.45, 2.75) is 0 Å². The van der Waals surface area contributed by atoms with Gasteiger partial charge in [-0.1, -0.05) is 0 Å². The Morgan fingerprint density at radius 3 is 2.00 bits per heavy atom. The summed E-state index contributed by atoms with van der Waals surface area (Å²) in [6, 6.07) is 0. The van der Waals surface area contributed by atoms with Crippen LogP contribution in [0.3, 0.4) is 0 Å². The molecule has 0 spiro atoms. The van der Waals surface area contributed by atoms with Crippen LogP contribution < -0.4 is 0 Å². The van der Waals surface area contributed by atoms with Crippen molar-refractivity contribution in [2.75, 3.05) is 0 Å². The van der Waals surface area contributed by atoms with Crippen molar-refractivity contribution >= 4 is 29.2 Å². The van der Waals surface area contributed by atoms with E-state index < -0.39 is 0 Å². The zero-order valence-electron chi connectivity index (χ0n) is 4.54. The Morgan fingerprint density at radius 1 is 1.10 bits per heavy atom. The summed E-state index contributed by atoms with van der Waals surface area (Å²) in [5.41, 5.74) is 6.49. The zero-order chi connectivity index (χ0) is 7.56. The quantitative estimate of drug-likeness (QED) is 0.666. The summed E-state index contributed by atoms with van der Waals surface area (Å²) in [7, 11) is 0. The van der Waals surface area contributed by atoms with Crippen LogP contribution in [0.2, 0.25) is 10.6 Å². The molecule has 0 saturated carbocycles. The Bertz CT molecular complexity index is 241. The van der Waals surface area contributed by atoms with Crippen molar-refractivity contribution in [3.63, 3.8) is 0 Å². The lowest BCUT2D eigenvalue weighted by Crippen LogP contribution is -1.86. The fourth-order valence-corrected chi connectivity index (χ4v) is 0.721. The van der Waals surface area contributed by atoms with Gasteiger partial charge in [0, 0.05) is 0 Å². The van der Waals surface area contributed by atoms with E-state index in [1.54, 1.807) is 0 Å². The molecule has 0 amide bonds.